The minimum atomic E-state index is -0.585. The smallest absolute Gasteiger partial charge is 0.309 e. The lowest BCUT2D eigenvalue weighted by Gasteiger charge is -2.15. The predicted molar refractivity (Wildman–Crippen MR) is 122 cm³/mol. The van der Waals surface area contributed by atoms with Crippen LogP contribution < -0.4 is 15.4 Å². The second-order valence-electron chi connectivity index (χ2n) is 7.89. The SMILES string of the molecule is CC(=O)c1ccc(OCCC(=O)OCC(=O)Nc2ccccc2C(=O)NC2CCCC2)cc1. The van der Waals surface area contributed by atoms with Crippen LogP contribution in [0.4, 0.5) is 5.69 Å². The fourth-order valence-electron chi connectivity index (χ4n) is 3.57. The van der Waals surface area contributed by atoms with Crippen LogP contribution in [0.2, 0.25) is 0 Å². The summed E-state index contributed by atoms with van der Waals surface area (Å²) in [4.78, 5) is 48.0. The zero-order valence-electron chi connectivity index (χ0n) is 18.6. The highest BCUT2D eigenvalue weighted by molar-refractivity contribution is 6.04. The maximum Gasteiger partial charge on any atom is 0.309 e. The van der Waals surface area contributed by atoms with E-state index in [0.717, 1.165) is 25.7 Å². The van der Waals surface area contributed by atoms with Gasteiger partial charge in [0.2, 0.25) is 0 Å². The molecular weight excluding hydrogens is 424 g/mol. The Morgan fingerprint density at radius 2 is 1.67 bits per heavy atom. The van der Waals surface area contributed by atoms with E-state index in [4.69, 9.17) is 9.47 Å². The highest BCUT2D eigenvalue weighted by Gasteiger charge is 2.20. The lowest BCUT2D eigenvalue weighted by molar-refractivity contribution is -0.147. The van der Waals surface area contributed by atoms with Gasteiger partial charge in [0.15, 0.2) is 12.4 Å². The van der Waals surface area contributed by atoms with Gasteiger partial charge in [-0.05, 0) is 56.2 Å². The molecule has 1 fully saturated rings. The Hall–Kier alpha value is -3.68. The number of hydrogen-bond acceptors (Lipinski definition) is 6. The van der Waals surface area contributed by atoms with Gasteiger partial charge in [0, 0.05) is 11.6 Å². The molecule has 0 heterocycles. The Labute approximate surface area is 192 Å². The molecule has 2 aromatic rings. The maximum absolute atomic E-state index is 12.6. The van der Waals surface area contributed by atoms with Crippen LogP contribution in [0.3, 0.4) is 0 Å². The Balaban J connectivity index is 1.41. The first-order valence-electron chi connectivity index (χ1n) is 11.0. The second kappa shape index (κ2) is 11.8. The molecule has 1 aliphatic rings. The largest absolute Gasteiger partial charge is 0.493 e. The number of anilines is 1. The number of hydrogen-bond donors (Lipinski definition) is 2. The third-order valence-corrected chi connectivity index (χ3v) is 5.34. The third kappa shape index (κ3) is 7.45. The number of carbonyl (C=O) groups is 4. The van der Waals surface area contributed by atoms with E-state index >= 15 is 0 Å². The van der Waals surface area contributed by atoms with E-state index in [2.05, 4.69) is 10.6 Å². The minimum Gasteiger partial charge on any atom is -0.493 e. The summed E-state index contributed by atoms with van der Waals surface area (Å²) in [6.45, 7) is 1.08. The first kappa shape index (κ1) is 24.0. The summed E-state index contributed by atoms with van der Waals surface area (Å²) in [5, 5.41) is 5.63. The molecule has 0 spiro atoms. The number of nitrogens with one attached hydrogen (secondary N) is 2. The number of Topliss-reactive ketones (excluding diaryl/α,β-unsaturated/α-hetero) is 1. The Bertz CT molecular complexity index is 996. The van der Waals surface area contributed by atoms with Gasteiger partial charge in [-0.15, -0.1) is 0 Å². The summed E-state index contributed by atoms with van der Waals surface area (Å²) in [7, 11) is 0. The van der Waals surface area contributed by atoms with Crippen LogP contribution in [0, 0.1) is 0 Å². The van der Waals surface area contributed by atoms with Crippen molar-refractivity contribution in [2.45, 2.75) is 45.1 Å². The fourth-order valence-corrected chi connectivity index (χ4v) is 3.57. The molecule has 1 aliphatic carbocycles. The van der Waals surface area contributed by atoms with Crippen molar-refractivity contribution in [1.29, 1.82) is 0 Å². The van der Waals surface area contributed by atoms with Crippen molar-refractivity contribution in [3.05, 3.63) is 59.7 Å². The summed E-state index contributed by atoms with van der Waals surface area (Å²) in [6, 6.07) is 13.5. The van der Waals surface area contributed by atoms with Gasteiger partial charge < -0.3 is 20.1 Å². The highest BCUT2D eigenvalue weighted by Crippen LogP contribution is 2.20. The Morgan fingerprint density at radius 3 is 2.36 bits per heavy atom. The van der Waals surface area contributed by atoms with Crippen molar-refractivity contribution in [2.24, 2.45) is 0 Å². The quantitative estimate of drug-likeness (QED) is 0.422. The number of esters is 1. The zero-order chi connectivity index (χ0) is 23.6. The first-order chi connectivity index (χ1) is 15.9. The van der Waals surface area contributed by atoms with E-state index < -0.39 is 18.5 Å². The molecule has 0 bridgehead atoms. The number of para-hydroxylation sites is 1. The summed E-state index contributed by atoms with van der Waals surface area (Å²) in [5.74, 6) is -0.871. The Kier molecular flexibility index (Phi) is 8.57. The van der Waals surface area contributed by atoms with Crippen molar-refractivity contribution in [2.75, 3.05) is 18.5 Å². The van der Waals surface area contributed by atoms with Gasteiger partial charge in [0.1, 0.15) is 5.75 Å². The number of amides is 2. The topological polar surface area (TPSA) is 111 Å². The molecule has 0 saturated heterocycles. The minimum absolute atomic E-state index is 0.0396. The summed E-state index contributed by atoms with van der Waals surface area (Å²) in [6.07, 6.45) is 4.09. The van der Waals surface area contributed by atoms with Gasteiger partial charge >= 0.3 is 5.97 Å². The number of carbonyl (C=O) groups excluding carboxylic acids is 4. The summed E-state index contributed by atoms with van der Waals surface area (Å²) in [5.41, 5.74) is 1.31. The number of ether oxygens (including phenoxy) is 2. The lowest BCUT2D eigenvalue weighted by Crippen LogP contribution is -2.33. The van der Waals surface area contributed by atoms with Crippen molar-refractivity contribution in [3.63, 3.8) is 0 Å². The molecule has 33 heavy (non-hydrogen) atoms. The molecule has 2 amide bonds. The van der Waals surface area contributed by atoms with Crippen molar-refractivity contribution in [1.82, 2.24) is 5.32 Å². The van der Waals surface area contributed by atoms with Gasteiger partial charge in [-0.2, -0.15) is 0 Å². The van der Waals surface area contributed by atoms with E-state index in [-0.39, 0.29) is 30.8 Å². The van der Waals surface area contributed by atoms with Crippen LogP contribution >= 0.6 is 0 Å². The first-order valence-corrected chi connectivity index (χ1v) is 11.0. The Morgan fingerprint density at radius 1 is 0.970 bits per heavy atom. The standard InChI is InChI=1S/C25H28N2O6/c1-17(28)18-10-12-20(13-11-18)32-15-14-24(30)33-16-23(29)27-22-9-5-4-8-21(22)25(31)26-19-6-2-3-7-19/h4-5,8-13,19H,2-3,6-7,14-16H2,1H3,(H,26,31)(H,27,29). The molecule has 3 rings (SSSR count). The van der Waals surface area contributed by atoms with Crippen molar-refractivity contribution in [3.8, 4) is 5.75 Å². The maximum atomic E-state index is 12.6. The summed E-state index contributed by atoms with van der Waals surface area (Å²) >= 11 is 0. The zero-order valence-corrected chi connectivity index (χ0v) is 18.6. The van der Waals surface area contributed by atoms with Gasteiger partial charge in [-0.25, -0.2) is 0 Å². The van der Waals surface area contributed by atoms with Crippen LogP contribution in [0.5, 0.6) is 5.75 Å². The fraction of sp³-hybridized carbons (Fsp3) is 0.360. The van der Waals surface area contributed by atoms with E-state index in [1.807, 2.05) is 0 Å². The molecule has 0 aliphatic heterocycles. The molecule has 0 atom stereocenters. The average molecular weight is 453 g/mol. The third-order valence-electron chi connectivity index (χ3n) is 5.34. The van der Waals surface area contributed by atoms with Crippen LogP contribution in [0.1, 0.15) is 59.7 Å². The van der Waals surface area contributed by atoms with Gasteiger partial charge in [-0.3, -0.25) is 19.2 Å². The molecule has 0 unspecified atom stereocenters. The lowest BCUT2D eigenvalue weighted by atomic mass is 10.1. The van der Waals surface area contributed by atoms with Crippen LogP contribution in [-0.2, 0) is 14.3 Å². The van der Waals surface area contributed by atoms with E-state index in [9.17, 15) is 19.2 Å². The van der Waals surface area contributed by atoms with Crippen LogP contribution in [-0.4, -0.2) is 42.8 Å². The van der Waals surface area contributed by atoms with Crippen LogP contribution in [0.15, 0.2) is 48.5 Å². The molecule has 174 valence electrons. The summed E-state index contributed by atoms with van der Waals surface area (Å²) < 4.78 is 10.4. The number of ketones is 1. The van der Waals surface area contributed by atoms with Gasteiger partial charge in [0.25, 0.3) is 11.8 Å². The van der Waals surface area contributed by atoms with Crippen molar-refractivity contribution >= 4 is 29.3 Å². The molecule has 8 heteroatoms. The van der Waals surface area contributed by atoms with Gasteiger partial charge in [0.05, 0.1) is 24.3 Å². The molecule has 0 radical (unpaired) electrons. The van der Waals surface area contributed by atoms with Crippen molar-refractivity contribution < 1.29 is 28.7 Å². The number of benzene rings is 2. The normalized spacial score (nSPS) is 13.2. The van der Waals surface area contributed by atoms with Gasteiger partial charge in [-0.1, -0.05) is 25.0 Å². The van der Waals surface area contributed by atoms with Crippen LogP contribution in [0.25, 0.3) is 0 Å². The molecular formula is C25H28N2O6. The molecule has 0 aromatic heterocycles. The second-order valence-corrected chi connectivity index (χ2v) is 7.89. The molecule has 2 N–H and O–H groups in total. The monoisotopic (exact) mass is 452 g/mol. The van der Waals surface area contributed by atoms with E-state index in [0.29, 0.717) is 22.6 Å². The highest BCUT2D eigenvalue weighted by atomic mass is 16.5. The van der Waals surface area contributed by atoms with E-state index in [1.54, 1.807) is 48.5 Å². The molecule has 1 saturated carbocycles. The van der Waals surface area contributed by atoms with E-state index in [1.165, 1.54) is 6.92 Å². The molecule has 2 aromatic carbocycles. The number of rotatable bonds is 10. The average Bonchev–Trinajstić information content (AvgIpc) is 3.31. The molecule has 8 nitrogen and oxygen atoms in total. The predicted octanol–water partition coefficient (Wildman–Crippen LogP) is 3.51.